The summed E-state index contributed by atoms with van der Waals surface area (Å²) in [5.41, 5.74) is 0.469. The molecule has 0 spiro atoms. The van der Waals surface area contributed by atoms with E-state index in [0.717, 1.165) is 0 Å². The Morgan fingerprint density at radius 2 is 1.42 bits per heavy atom. The molecule has 0 fully saturated rings. The molecule has 0 aliphatic rings. The second-order valence-corrected chi connectivity index (χ2v) is 7.50. The summed E-state index contributed by atoms with van der Waals surface area (Å²) >= 11 is 0. The van der Waals surface area contributed by atoms with Crippen LogP contribution in [-0.4, -0.2) is 26.6 Å². The van der Waals surface area contributed by atoms with Crippen molar-refractivity contribution in [2.45, 2.75) is 50.2 Å². The smallest absolute Gasteiger partial charge is 0.338 e. The van der Waals surface area contributed by atoms with Crippen molar-refractivity contribution in [2.24, 2.45) is 0 Å². The number of hydrogen-bond donors (Lipinski definition) is 0. The van der Waals surface area contributed by atoms with Gasteiger partial charge in [0.1, 0.15) is 6.10 Å². The highest BCUT2D eigenvalue weighted by molar-refractivity contribution is 7.86. The second kappa shape index (κ2) is 9.50. The molecule has 2 aromatic carbocycles. The quantitative estimate of drug-likeness (QED) is 0.485. The average Bonchev–Trinajstić information content (AvgIpc) is 2.67. The average molecular weight is 376 g/mol. The van der Waals surface area contributed by atoms with Crippen LogP contribution in [0.3, 0.4) is 0 Å². The maximum atomic E-state index is 12.4. The number of esters is 1. The first-order chi connectivity index (χ1) is 12.5. The predicted molar refractivity (Wildman–Crippen MR) is 99.3 cm³/mol. The highest BCUT2D eigenvalue weighted by Gasteiger charge is 2.25. The van der Waals surface area contributed by atoms with E-state index in [1.807, 2.05) is 19.9 Å². The first kappa shape index (κ1) is 20.1. The van der Waals surface area contributed by atoms with Gasteiger partial charge in [0.15, 0.2) is 0 Å². The minimum atomic E-state index is -3.85. The van der Waals surface area contributed by atoms with Crippen LogP contribution in [0.25, 0.3) is 0 Å². The van der Waals surface area contributed by atoms with E-state index in [-0.39, 0.29) is 4.90 Å². The highest BCUT2D eigenvalue weighted by atomic mass is 32.2. The van der Waals surface area contributed by atoms with E-state index in [1.165, 1.54) is 12.1 Å². The Hall–Kier alpha value is -2.18. The van der Waals surface area contributed by atoms with Gasteiger partial charge in [0, 0.05) is 6.42 Å². The van der Waals surface area contributed by atoms with Crippen LogP contribution in [0.1, 0.15) is 43.5 Å². The second-order valence-electron chi connectivity index (χ2n) is 5.93. The molecular formula is C20H24O5S. The fourth-order valence-electron chi connectivity index (χ4n) is 2.48. The van der Waals surface area contributed by atoms with Crippen LogP contribution in [0.5, 0.6) is 0 Å². The molecule has 140 valence electrons. The zero-order chi connectivity index (χ0) is 19.0. The minimum Gasteiger partial charge on any atom is -0.459 e. The van der Waals surface area contributed by atoms with Crippen LogP contribution in [0.4, 0.5) is 0 Å². The maximum absolute atomic E-state index is 12.4. The highest BCUT2D eigenvalue weighted by Crippen LogP contribution is 2.20. The summed E-state index contributed by atoms with van der Waals surface area (Å²) in [6.07, 6.45) is 0.403. The maximum Gasteiger partial charge on any atom is 0.338 e. The monoisotopic (exact) mass is 376 g/mol. The molecule has 0 saturated carbocycles. The van der Waals surface area contributed by atoms with E-state index >= 15 is 0 Å². The molecule has 0 amide bonds. The lowest BCUT2D eigenvalue weighted by atomic mass is 10.1. The topological polar surface area (TPSA) is 69.7 Å². The van der Waals surface area contributed by atoms with Gasteiger partial charge in [-0.2, -0.15) is 8.42 Å². The minimum absolute atomic E-state index is 0.118. The Bertz CT molecular complexity index is 787. The molecule has 0 heterocycles. The van der Waals surface area contributed by atoms with Crippen LogP contribution >= 0.6 is 0 Å². The lowest BCUT2D eigenvalue weighted by Crippen LogP contribution is -2.27. The van der Waals surface area contributed by atoms with Crippen molar-refractivity contribution >= 4 is 16.1 Å². The molecule has 0 aromatic heterocycles. The lowest BCUT2D eigenvalue weighted by molar-refractivity contribution is 0.0169. The van der Waals surface area contributed by atoms with Gasteiger partial charge in [-0.3, -0.25) is 4.18 Å². The van der Waals surface area contributed by atoms with Crippen molar-refractivity contribution in [2.75, 3.05) is 0 Å². The molecule has 2 unspecified atom stereocenters. The Kier molecular flexibility index (Phi) is 7.36. The molecule has 2 aromatic rings. The van der Waals surface area contributed by atoms with Crippen LogP contribution < -0.4 is 0 Å². The van der Waals surface area contributed by atoms with Gasteiger partial charge in [0.25, 0.3) is 10.1 Å². The molecule has 0 N–H and O–H groups in total. The summed E-state index contributed by atoms with van der Waals surface area (Å²) in [5.74, 6) is -0.418. The standard InChI is InChI=1S/C20H24O5S/c1-3-17(24-20(21)16-11-7-5-8-12-16)15-18(4-2)25-26(22,23)19-13-9-6-10-14-19/h5-14,17-18H,3-4,15H2,1-2H3. The van der Waals surface area contributed by atoms with Crippen molar-refractivity contribution in [3.8, 4) is 0 Å². The van der Waals surface area contributed by atoms with Crippen molar-refractivity contribution in [3.05, 3.63) is 66.2 Å². The van der Waals surface area contributed by atoms with E-state index in [2.05, 4.69) is 0 Å². The number of carbonyl (C=O) groups excluding carboxylic acids is 1. The number of ether oxygens (including phenoxy) is 1. The van der Waals surface area contributed by atoms with Gasteiger partial charge in [-0.15, -0.1) is 0 Å². The van der Waals surface area contributed by atoms with Gasteiger partial charge in [-0.05, 0) is 37.1 Å². The van der Waals surface area contributed by atoms with Crippen LogP contribution in [0, 0.1) is 0 Å². The third kappa shape index (κ3) is 5.68. The summed E-state index contributed by atoms with van der Waals surface area (Å²) in [6, 6.07) is 16.7. The molecule has 0 aliphatic heterocycles. The fourth-order valence-corrected chi connectivity index (χ4v) is 3.66. The Balaban J connectivity index is 2.02. The molecule has 26 heavy (non-hydrogen) atoms. The normalized spacial score (nSPS) is 13.8. The molecule has 2 rings (SSSR count). The lowest BCUT2D eigenvalue weighted by Gasteiger charge is -2.22. The summed E-state index contributed by atoms with van der Waals surface area (Å²) in [5, 5.41) is 0. The molecule has 0 saturated heterocycles. The van der Waals surface area contributed by atoms with E-state index in [0.29, 0.717) is 24.8 Å². The SMILES string of the molecule is CCC(CC(CC)OS(=O)(=O)c1ccccc1)OC(=O)c1ccccc1. The zero-order valence-corrected chi connectivity index (χ0v) is 15.8. The van der Waals surface area contributed by atoms with Crippen LogP contribution in [0.15, 0.2) is 65.6 Å². The molecule has 0 aliphatic carbocycles. The zero-order valence-electron chi connectivity index (χ0n) is 15.0. The van der Waals surface area contributed by atoms with Gasteiger partial charge in [-0.25, -0.2) is 4.79 Å². The van der Waals surface area contributed by atoms with E-state index in [1.54, 1.807) is 42.5 Å². The van der Waals surface area contributed by atoms with Crippen molar-refractivity contribution < 1.29 is 22.1 Å². The molecule has 6 heteroatoms. The van der Waals surface area contributed by atoms with E-state index in [9.17, 15) is 13.2 Å². The molecule has 0 bridgehead atoms. The molecule has 0 radical (unpaired) electrons. The van der Waals surface area contributed by atoms with Gasteiger partial charge in [0.2, 0.25) is 0 Å². The van der Waals surface area contributed by atoms with Gasteiger partial charge < -0.3 is 4.74 Å². The first-order valence-electron chi connectivity index (χ1n) is 8.70. The Labute approximate surface area is 155 Å². The van der Waals surface area contributed by atoms with Gasteiger partial charge >= 0.3 is 5.97 Å². The molecular weight excluding hydrogens is 352 g/mol. The first-order valence-corrected chi connectivity index (χ1v) is 10.1. The fraction of sp³-hybridized carbons (Fsp3) is 0.350. The van der Waals surface area contributed by atoms with Crippen molar-refractivity contribution in [1.82, 2.24) is 0 Å². The predicted octanol–water partition coefficient (Wildman–Crippen LogP) is 4.20. The Morgan fingerprint density at radius 3 is 1.96 bits per heavy atom. The molecule has 2 atom stereocenters. The van der Waals surface area contributed by atoms with Gasteiger partial charge in [0.05, 0.1) is 16.6 Å². The molecule has 5 nitrogen and oxygen atoms in total. The van der Waals surface area contributed by atoms with E-state index < -0.39 is 28.3 Å². The number of benzene rings is 2. The van der Waals surface area contributed by atoms with Crippen molar-refractivity contribution in [1.29, 1.82) is 0 Å². The van der Waals surface area contributed by atoms with Crippen LogP contribution in [0.2, 0.25) is 0 Å². The largest absolute Gasteiger partial charge is 0.459 e. The van der Waals surface area contributed by atoms with Crippen LogP contribution in [-0.2, 0) is 19.0 Å². The summed E-state index contributed by atoms with van der Waals surface area (Å²) in [4.78, 5) is 12.3. The summed E-state index contributed by atoms with van der Waals surface area (Å²) in [6.45, 7) is 3.73. The third-order valence-corrected chi connectivity index (χ3v) is 5.39. The summed E-state index contributed by atoms with van der Waals surface area (Å²) in [7, 11) is -3.85. The third-order valence-electron chi connectivity index (χ3n) is 4.01. The number of hydrogen-bond acceptors (Lipinski definition) is 5. The summed E-state index contributed by atoms with van der Waals surface area (Å²) < 4.78 is 35.7. The van der Waals surface area contributed by atoms with Crippen molar-refractivity contribution in [3.63, 3.8) is 0 Å². The van der Waals surface area contributed by atoms with Gasteiger partial charge in [-0.1, -0.05) is 50.2 Å². The number of carbonyl (C=O) groups is 1. The van der Waals surface area contributed by atoms with E-state index in [4.69, 9.17) is 8.92 Å². The number of rotatable bonds is 9. The Morgan fingerprint density at radius 1 is 0.885 bits per heavy atom.